The second-order valence-electron chi connectivity index (χ2n) is 13.4. The van der Waals surface area contributed by atoms with Crippen molar-refractivity contribution in [3.05, 3.63) is 24.3 Å². The highest BCUT2D eigenvalue weighted by Gasteiger charge is 2.44. The van der Waals surface area contributed by atoms with Crippen LogP contribution in [0.15, 0.2) is 24.3 Å². The molecule has 0 saturated carbocycles. The summed E-state index contributed by atoms with van der Waals surface area (Å²) in [6, 6.07) is 0. The molecule has 1 fully saturated rings. The van der Waals surface area contributed by atoms with Gasteiger partial charge in [0.15, 0.2) is 12.4 Å². The second-order valence-corrected chi connectivity index (χ2v) is 13.4. The van der Waals surface area contributed by atoms with Gasteiger partial charge in [0.05, 0.1) is 13.2 Å². The number of hydrogen-bond donors (Lipinski definition) is 4. The zero-order valence-electron chi connectivity index (χ0n) is 30.7. The summed E-state index contributed by atoms with van der Waals surface area (Å²) in [7, 11) is 0. The number of carbonyl (C=O) groups is 2. The molecule has 0 aliphatic carbocycles. The van der Waals surface area contributed by atoms with E-state index in [1.807, 2.05) is 0 Å². The van der Waals surface area contributed by atoms with Crippen LogP contribution in [0.1, 0.15) is 155 Å². The van der Waals surface area contributed by atoms with E-state index in [0.717, 1.165) is 64.2 Å². The number of aliphatic hydroxyl groups is 4. The first-order chi connectivity index (χ1) is 23.8. The molecule has 49 heavy (non-hydrogen) atoms. The zero-order chi connectivity index (χ0) is 36.0. The van der Waals surface area contributed by atoms with Crippen LogP contribution in [0.4, 0.5) is 0 Å². The molecule has 1 saturated heterocycles. The van der Waals surface area contributed by atoms with Gasteiger partial charge in [0.2, 0.25) is 0 Å². The van der Waals surface area contributed by atoms with Gasteiger partial charge in [-0.1, -0.05) is 128 Å². The average Bonchev–Trinajstić information content (AvgIpc) is 3.10. The smallest absolute Gasteiger partial charge is 0.306 e. The van der Waals surface area contributed by atoms with Crippen molar-refractivity contribution < 1.29 is 49.0 Å². The number of allylic oxidation sites excluding steroid dienone is 4. The minimum absolute atomic E-state index is 0.216. The summed E-state index contributed by atoms with van der Waals surface area (Å²) < 4.78 is 22.0. The van der Waals surface area contributed by atoms with Crippen molar-refractivity contribution >= 4 is 11.9 Å². The summed E-state index contributed by atoms with van der Waals surface area (Å²) >= 11 is 0. The van der Waals surface area contributed by atoms with Gasteiger partial charge in [0.25, 0.3) is 0 Å². The largest absolute Gasteiger partial charge is 0.462 e. The molecule has 6 atom stereocenters. The van der Waals surface area contributed by atoms with Gasteiger partial charge in [-0.3, -0.25) is 9.59 Å². The second kappa shape index (κ2) is 31.0. The van der Waals surface area contributed by atoms with Crippen LogP contribution in [0.3, 0.4) is 0 Å². The van der Waals surface area contributed by atoms with Gasteiger partial charge < -0.3 is 39.4 Å². The van der Waals surface area contributed by atoms with Crippen molar-refractivity contribution in [2.75, 3.05) is 19.8 Å². The molecule has 0 bridgehead atoms. The molecule has 0 radical (unpaired) electrons. The highest BCUT2D eigenvalue weighted by molar-refractivity contribution is 5.70. The molecular weight excluding hydrogens is 628 g/mol. The first kappa shape index (κ1) is 45.2. The molecule has 0 aromatic carbocycles. The van der Waals surface area contributed by atoms with Gasteiger partial charge in [-0.15, -0.1) is 0 Å². The van der Waals surface area contributed by atoms with Crippen molar-refractivity contribution in [3.8, 4) is 0 Å². The van der Waals surface area contributed by atoms with E-state index in [9.17, 15) is 30.0 Å². The first-order valence-electron chi connectivity index (χ1n) is 19.4. The van der Waals surface area contributed by atoms with Crippen LogP contribution in [0, 0.1) is 0 Å². The molecule has 10 heteroatoms. The monoisotopic (exact) mass is 698 g/mol. The lowest BCUT2D eigenvalue weighted by Gasteiger charge is -2.39. The Morgan fingerprint density at radius 1 is 0.633 bits per heavy atom. The third-order valence-corrected chi connectivity index (χ3v) is 8.82. The lowest BCUT2D eigenvalue weighted by Crippen LogP contribution is -2.59. The molecule has 286 valence electrons. The zero-order valence-corrected chi connectivity index (χ0v) is 30.7. The molecule has 6 unspecified atom stereocenters. The SMILES string of the molecule is CCC/C=C\C/C=C\CCCCCCCC(=O)OC(COC(=O)CCCCCCCCCCCCC)COC1OC(CO)C(O)C(O)C1O. The van der Waals surface area contributed by atoms with Crippen LogP contribution in [0.5, 0.6) is 0 Å². The molecule has 10 nitrogen and oxygen atoms in total. The lowest BCUT2D eigenvalue weighted by atomic mass is 9.99. The number of aliphatic hydroxyl groups excluding tert-OH is 4. The van der Waals surface area contributed by atoms with Crippen molar-refractivity contribution in [1.82, 2.24) is 0 Å². The van der Waals surface area contributed by atoms with E-state index in [1.165, 1.54) is 57.8 Å². The number of rotatable bonds is 31. The summed E-state index contributed by atoms with van der Waals surface area (Å²) in [5, 5.41) is 39.9. The van der Waals surface area contributed by atoms with E-state index < -0.39 is 49.4 Å². The molecule has 1 rings (SSSR count). The van der Waals surface area contributed by atoms with E-state index in [1.54, 1.807) is 0 Å². The maximum absolute atomic E-state index is 12.7. The maximum atomic E-state index is 12.7. The van der Waals surface area contributed by atoms with Gasteiger partial charge in [0, 0.05) is 12.8 Å². The van der Waals surface area contributed by atoms with Crippen LogP contribution in [-0.2, 0) is 28.5 Å². The Bertz CT molecular complexity index is 861. The summed E-state index contributed by atoms with van der Waals surface area (Å²) in [5.41, 5.74) is 0. The molecule has 4 N–H and O–H groups in total. The number of carbonyl (C=O) groups excluding carboxylic acids is 2. The van der Waals surface area contributed by atoms with Gasteiger partial charge >= 0.3 is 11.9 Å². The quantitative estimate of drug-likeness (QED) is 0.0339. The third-order valence-electron chi connectivity index (χ3n) is 8.82. The van der Waals surface area contributed by atoms with E-state index in [0.29, 0.717) is 6.42 Å². The highest BCUT2D eigenvalue weighted by atomic mass is 16.7. The maximum Gasteiger partial charge on any atom is 0.306 e. The first-order valence-corrected chi connectivity index (χ1v) is 19.4. The molecule has 0 amide bonds. The standard InChI is InChI=1S/C39H70O10/c1-3-5-7-9-11-13-15-16-18-20-22-24-26-28-35(42)48-32(31-47-39-38(45)37(44)36(43)33(29-40)49-39)30-46-34(41)27-25-23-21-19-17-14-12-10-8-6-4-2/h7,9,13,15,32-33,36-40,43-45H,3-6,8,10-12,14,16-31H2,1-2H3/b9-7-,15-13-. The Balaban J connectivity index is 2.41. The predicted molar refractivity (Wildman–Crippen MR) is 192 cm³/mol. The van der Waals surface area contributed by atoms with Crippen molar-refractivity contribution in [1.29, 1.82) is 0 Å². The molecule has 1 aliphatic rings. The summed E-state index contributed by atoms with van der Waals surface area (Å²) in [5.74, 6) is -0.824. The highest BCUT2D eigenvalue weighted by Crippen LogP contribution is 2.22. The topological polar surface area (TPSA) is 152 Å². The predicted octanol–water partition coefficient (Wildman–Crippen LogP) is 6.99. The summed E-state index contributed by atoms with van der Waals surface area (Å²) in [4.78, 5) is 25.1. The van der Waals surface area contributed by atoms with Crippen molar-refractivity contribution in [2.24, 2.45) is 0 Å². The van der Waals surface area contributed by atoms with Gasteiger partial charge in [-0.25, -0.2) is 0 Å². The molecule has 0 aromatic heterocycles. The van der Waals surface area contributed by atoms with Crippen LogP contribution in [0.25, 0.3) is 0 Å². The fourth-order valence-corrected chi connectivity index (χ4v) is 5.70. The normalized spacial score (nSPS) is 21.8. The van der Waals surface area contributed by atoms with Gasteiger partial charge in [-0.2, -0.15) is 0 Å². The van der Waals surface area contributed by atoms with E-state index in [2.05, 4.69) is 38.2 Å². The molecular formula is C39H70O10. The summed E-state index contributed by atoms with van der Waals surface area (Å²) in [6.07, 6.45) is 23.3. The van der Waals surface area contributed by atoms with Crippen LogP contribution in [-0.4, -0.2) is 89.0 Å². The Morgan fingerprint density at radius 2 is 1.18 bits per heavy atom. The molecule has 0 spiro atoms. The van der Waals surface area contributed by atoms with Crippen molar-refractivity contribution in [2.45, 2.75) is 192 Å². The van der Waals surface area contributed by atoms with Gasteiger partial charge in [0.1, 0.15) is 31.0 Å². The number of esters is 2. The number of unbranched alkanes of at least 4 members (excludes halogenated alkanes) is 16. The fraction of sp³-hybridized carbons (Fsp3) is 0.846. The number of hydrogen-bond acceptors (Lipinski definition) is 10. The third kappa shape index (κ3) is 23.3. The molecule has 0 aromatic rings. The average molecular weight is 699 g/mol. The van der Waals surface area contributed by atoms with Crippen LogP contribution >= 0.6 is 0 Å². The molecule has 1 aliphatic heterocycles. The summed E-state index contributed by atoms with van der Waals surface area (Å²) in [6.45, 7) is 3.31. The van der Waals surface area contributed by atoms with Crippen LogP contribution < -0.4 is 0 Å². The minimum Gasteiger partial charge on any atom is -0.462 e. The lowest BCUT2D eigenvalue weighted by molar-refractivity contribution is -0.305. The molecule has 1 heterocycles. The van der Waals surface area contributed by atoms with Crippen LogP contribution in [0.2, 0.25) is 0 Å². The van der Waals surface area contributed by atoms with E-state index in [-0.39, 0.29) is 32.0 Å². The van der Waals surface area contributed by atoms with E-state index >= 15 is 0 Å². The van der Waals surface area contributed by atoms with Crippen molar-refractivity contribution in [3.63, 3.8) is 0 Å². The Morgan fingerprint density at radius 3 is 1.78 bits per heavy atom. The van der Waals surface area contributed by atoms with Gasteiger partial charge in [-0.05, 0) is 38.5 Å². The van der Waals surface area contributed by atoms with E-state index in [4.69, 9.17) is 18.9 Å². The minimum atomic E-state index is -1.59. The fourth-order valence-electron chi connectivity index (χ4n) is 5.70. The Labute approximate surface area is 296 Å². The Hall–Kier alpha value is -1.82. The Kier molecular flexibility index (Phi) is 28.6. The number of ether oxygens (including phenoxy) is 4.